The molecule has 0 atom stereocenters. The maximum absolute atomic E-state index is 4.85. The molecule has 2 N–H and O–H groups in total. The summed E-state index contributed by atoms with van der Waals surface area (Å²) in [5, 5.41) is 0. The Morgan fingerprint density at radius 1 is 1.17 bits per heavy atom. The first-order chi connectivity index (χ1) is 5.70. The molecule has 66 valence electrons. The minimum absolute atomic E-state index is 1.34. The van der Waals surface area contributed by atoms with Crippen LogP contribution < -0.4 is 5.73 Å². The molecule has 0 amide bonds. The molecule has 1 aromatic carbocycles. The fourth-order valence-electron chi connectivity index (χ4n) is 0.807. The van der Waals surface area contributed by atoms with Gasteiger partial charge < -0.3 is 5.73 Å². The molecule has 0 spiro atoms. The van der Waals surface area contributed by atoms with Crippen LogP contribution in [0.4, 0.5) is 0 Å². The lowest BCUT2D eigenvalue weighted by Crippen LogP contribution is -1.71. The Hall–Kier alpha value is -1.24. The smallest absolute Gasteiger partial charge is 0.0106 e. The highest BCUT2D eigenvalue weighted by molar-refractivity contribution is 5.20. The predicted molar refractivity (Wildman–Crippen MR) is 54.9 cm³/mol. The Bertz CT molecular complexity index is 217. The molecule has 1 aromatic rings. The first kappa shape index (κ1) is 10.8. The molecule has 0 heterocycles. The van der Waals surface area contributed by atoms with Crippen LogP contribution in [0.2, 0.25) is 0 Å². The van der Waals surface area contributed by atoms with Crippen LogP contribution in [-0.2, 0) is 0 Å². The number of nitrogens with two attached hydrogens (primary N) is 1. The Morgan fingerprint density at radius 2 is 1.58 bits per heavy atom. The Morgan fingerprint density at radius 3 is 1.75 bits per heavy atom. The van der Waals surface area contributed by atoms with E-state index in [1.54, 1.807) is 6.08 Å². The molecule has 1 rings (SSSR count). The molecule has 1 heteroatoms. The van der Waals surface area contributed by atoms with Crippen molar-refractivity contribution in [1.29, 1.82) is 0 Å². The van der Waals surface area contributed by atoms with Gasteiger partial charge >= 0.3 is 0 Å². The molecule has 0 aromatic heterocycles. The van der Waals surface area contributed by atoms with Crippen LogP contribution in [0.1, 0.15) is 18.1 Å². The molecule has 0 aliphatic rings. The van der Waals surface area contributed by atoms with Gasteiger partial charge in [0, 0.05) is 0 Å². The van der Waals surface area contributed by atoms with Gasteiger partial charge in [-0.15, -0.1) is 0 Å². The van der Waals surface area contributed by atoms with E-state index in [1.165, 1.54) is 17.3 Å². The van der Waals surface area contributed by atoms with Gasteiger partial charge in [0.1, 0.15) is 0 Å². The average molecular weight is 163 g/mol. The van der Waals surface area contributed by atoms with Gasteiger partial charge in [-0.25, -0.2) is 0 Å². The maximum Gasteiger partial charge on any atom is -0.0106 e. The van der Waals surface area contributed by atoms with Crippen molar-refractivity contribution in [2.45, 2.75) is 20.8 Å². The van der Waals surface area contributed by atoms with Gasteiger partial charge in [-0.05, 0) is 27.0 Å². The Labute approximate surface area is 74.9 Å². The van der Waals surface area contributed by atoms with Gasteiger partial charge in [0.05, 0.1) is 0 Å². The van der Waals surface area contributed by atoms with Crippen molar-refractivity contribution >= 4 is 0 Å². The number of allylic oxidation sites excluding steroid dienone is 1. The van der Waals surface area contributed by atoms with E-state index in [9.17, 15) is 0 Å². The molecule has 0 saturated heterocycles. The predicted octanol–water partition coefficient (Wildman–Crippen LogP) is 2.78. The number of aryl methyl sites for hydroxylation is 2. The van der Waals surface area contributed by atoms with Crippen molar-refractivity contribution in [3.8, 4) is 0 Å². The van der Waals surface area contributed by atoms with E-state index < -0.39 is 0 Å². The van der Waals surface area contributed by atoms with E-state index in [0.717, 1.165) is 0 Å². The Kier molecular flexibility index (Phi) is 5.80. The molecule has 0 saturated carbocycles. The standard InChI is InChI=1S/C8H10.C3H7N/c1-7-4-3-5-8(2)6-7;1-2-3-4/h3-6H,1-2H3;2-3H,4H2,1H3/b;3-2-. The average Bonchev–Trinajstić information content (AvgIpc) is 2.04. The summed E-state index contributed by atoms with van der Waals surface area (Å²) in [5.74, 6) is 0. The van der Waals surface area contributed by atoms with E-state index in [2.05, 4.69) is 38.1 Å². The van der Waals surface area contributed by atoms with Gasteiger partial charge in [0.15, 0.2) is 0 Å². The van der Waals surface area contributed by atoms with Crippen LogP contribution in [0.15, 0.2) is 36.5 Å². The zero-order valence-electron chi connectivity index (χ0n) is 8.04. The largest absolute Gasteiger partial charge is 0.405 e. The lowest BCUT2D eigenvalue weighted by Gasteiger charge is -1.90. The third kappa shape index (κ3) is 5.54. The van der Waals surface area contributed by atoms with Crippen molar-refractivity contribution in [3.05, 3.63) is 47.7 Å². The number of hydrogen-bond donors (Lipinski definition) is 1. The number of benzene rings is 1. The van der Waals surface area contributed by atoms with Crippen molar-refractivity contribution in [2.24, 2.45) is 5.73 Å². The maximum atomic E-state index is 4.85. The third-order valence-corrected chi connectivity index (χ3v) is 1.37. The fourth-order valence-corrected chi connectivity index (χ4v) is 0.807. The second-order valence-corrected chi connectivity index (χ2v) is 2.68. The number of hydrogen-bond acceptors (Lipinski definition) is 1. The van der Waals surface area contributed by atoms with Gasteiger partial charge in [0.25, 0.3) is 0 Å². The summed E-state index contributed by atoms with van der Waals surface area (Å²) in [6.45, 7) is 6.08. The molecule has 12 heavy (non-hydrogen) atoms. The van der Waals surface area contributed by atoms with Crippen molar-refractivity contribution in [3.63, 3.8) is 0 Å². The second-order valence-electron chi connectivity index (χ2n) is 2.68. The minimum Gasteiger partial charge on any atom is -0.405 e. The van der Waals surface area contributed by atoms with E-state index in [4.69, 9.17) is 5.73 Å². The monoisotopic (exact) mass is 163 g/mol. The zero-order chi connectivity index (χ0) is 9.40. The molecule has 0 bridgehead atoms. The fraction of sp³-hybridized carbons (Fsp3) is 0.273. The molecule has 0 fully saturated rings. The number of rotatable bonds is 0. The molecule has 0 unspecified atom stereocenters. The van der Waals surface area contributed by atoms with Gasteiger partial charge in [-0.2, -0.15) is 0 Å². The molecular weight excluding hydrogens is 146 g/mol. The summed E-state index contributed by atoms with van der Waals surface area (Å²) in [7, 11) is 0. The molecule has 1 nitrogen and oxygen atoms in total. The van der Waals surface area contributed by atoms with Crippen LogP contribution >= 0.6 is 0 Å². The van der Waals surface area contributed by atoms with E-state index in [-0.39, 0.29) is 0 Å². The second kappa shape index (κ2) is 6.47. The van der Waals surface area contributed by atoms with Gasteiger partial charge in [-0.3, -0.25) is 0 Å². The van der Waals surface area contributed by atoms with Crippen molar-refractivity contribution < 1.29 is 0 Å². The van der Waals surface area contributed by atoms with E-state index in [1.807, 2.05) is 6.92 Å². The third-order valence-electron chi connectivity index (χ3n) is 1.37. The topological polar surface area (TPSA) is 26.0 Å². The molecule has 0 aliphatic carbocycles. The van der Waals surface area contributed by atoms with Crippen molar-refractivity contribution in [1.82, 2.24) is 0 Å². The first-order valence-corrected chi connectivity index (χ1v) is 4.07. The highest BCUT2D eigenvalue weighted by atomic mass is 14.5. The SMILES string of the molecule is C/C=C\N.Cc1cccc(C)c1. The Balaban J connectivity index is 0.000000261. The first-order valence-electron chi connectivity index (χ1n) is 4.07. The van der Waals surface area contributed by atoms with Crippen molar-refractivity contribution in [2.75, 3.05) is 0 Å². The van der Waals surface area contributed by atoms with Gasteiger partial charge in [0.2, 0.25) is 0 Å². The highest BCUT2D eigenvalue weighted by Crippen LogP contribution is 2.00. The van der Waals surface area contributed by atoms with Crippen LogP contribution in [0.25, 0.3) is 0 Å². The van der Waals surface area contributed by atoms with E-state index >= 15 is 0 Å². The highest BCUT2D eigenvalue weighted by Gasteiger charge is 1.80. The van der Waals surface area contributed by atoms with Crippen LogP contribution in [0, 0.1) is 13.8 Å². The van der Waals surface area contributed by atoms with E-state index in [0.29, 0.717) is 0 Å². The summed E-state index contributed by atoms with van der Waals surface area (Å²) in [6.07, 6.45) is 3.28. The lowest BCUT2D eigenvalue weighted by molar-refractivity contribution is 1.39. The summed E-state index contributed by atoms with van der Waals surface area (Å²) in [4.78, 5) is 0. The van der Waals surface area contributed by atoms with Crippen LogP contribution in [-0.4, -0.2) is 0 Å². The lowest BCUT2D eigenvalue weighted by atomic mass is 10.2. The summed E-state index contributed by atoms with van der Waals surface area (Å²) in [5.41, 5.74) is 7.52. The summed E-state index contributed by atoms with van der Waals surface area (Å²) < 4.78 is 0. The van der Waals surface area contributed by atoms with Gasteiger partial charge in [-0.1, -0.05) is 41.5 Å². The summed E-state index contributed by atoms with van der Waals surface area (Å²) in [6, 6.07) is 8.45. The summed E-state index contributed by atoms with van der Waals surface area (Å²) >= 11 is 0. The van der Waals surface area contributed by atoms with Crippen LogP contribution in [0.3, 0.4) is 0 Å². The molecule has 0 aliphatic heterocycles. The normalized spacial score (nSPS) is 9.25. The van der Waals surface area contributed by atoms with Crippen LogP contribution in [0.5, 0.6) is 0 Å². The molecule has 0 radical (unpaired) electrons. The molecular formula is C11H17N. The quantitative estimate of drug-likeness (QED) is 0.625. The minimum atomic E-state index is 1.34. The zero-order valence-corrected chi connectivity index (χ0v) is 8.04.